The predicted octanol–water partition coefficient (Wildman–Crippen LogP) is 3.81. The van der Waals surface area contributed by atoms with Gasteiger partial charge in [0.2, 0.25) is 5.91 Å². The summed E-state index contributed by atoms with van der Waals surface area (Å²) >= 11 is 1.43. The van der Waals surface area contributed by atoms with E-state index in [4.69, 9.17) is 9.47 Å². The van der Waals surface area contributed by atoms with Gasteiger partial charge in [-0.3, -0.25) is 14.4 Å². The molecule has 0 unspecified atom stereocenters. The molecule has 3 rings (SSSR count). The minimum atomic E-state index is -0.495. The second-order valence-corrected chi connectivity index (χ2v) is 9.07. The number of likely N-dealkylation sites (tertiary alicyclic amines) is 1. The molecule has 172 valence electrons. The monoisotopic (exact) mass is 458 g/mol. The molecule has 2 aromatic rings. The van der Waals surface area contributed by atoms with Gasteiger partial charge in [-0.05, 0) is 55.8 Å². The van der Waals surface area contributed by atoms with Crippen LogP contribution in [0.2, 0.25) is 0 Å². The van der Waals surface area contributed by atoms with Gasteiger partial charge in [0.1, 0.15) is 5.75 Å². The number of rotatable bonds is 8. The second-order valence-electron chi connectivity index (χ2n) is 8.12. The van der Waals surface area contributed by atoms with E-state index in [0.717, 1.165) is 10.4 Å². The number of esters is 1. The molecule has 1 aromatic heterocycles. The molecule has 0 aliphatic carbocycles. The van der Waals surface area contributed by atoms with Crippen molar-refractivity contribution in [3.05, 3.63) is 52.2 Å². The predicted molar refractivity (Wildman–Crippen MR) is 123 cm³/mol. The summed E-state index contributed by atoms with van der Waals surface area (Å²) in [7, 11) is 1.59. The Labute approximate surface area is 192 Å². The SMILES string of the molecule is COc1ccc([C@@H](CC(=O)OC(C)C)NC(=O)C2CCN(C(=O)c3cccs3)CC2)cc1. The molecule has 0 saturated carbocycles. The van der Waals surface area contributed by atoms with Crippen molar-refractivity contribution in [3.8, 4) is 5.75 Å². The van der Waals surface area contributed by atoms with Crippen LogP contribution in [0.25, 0.3) is 0 Å². The van der Waals surface area contributed by atoms with E-state index in [9.17, 15) is 14.4 Å². The maximum atomic E-state index is 13.0. The molecule has 0 bridgehead atoms. The summed E-state index contributed by atoms with van der Waals surface area (Å²) in [5.41, 5.74) is 0.810. The standard InChI is InChI=1S/C24H30N2O5S/c1-16(2)31-22(27)15-20(17-6-8-19(30-3)9-7-17)25-23(28)18-10-12-26(13-11-18)24(29)21-5-4-14-32-21/h4-9,14,16,18,20H,10-13,15H2,1-3H3,(H,25,28)/t20-/m1/s1. The van der Waals surface area contributed by atoms with Crippen molar-refractivity contribution in [2.75, 3.05) is 20.2 Å². The van der Waals surface area contributed by atoms with Gasteiger partial charge in [-0.25, -0.2) is 0 Å². The van der Waals surface area contributed by atoms with Crippen LogP contribution >= 0.6 is 11.3 Å². The summed E-state index contributed by atoms with van der Waals surface area (Å²) in [6.07, 6.45) is 1.01. The summed E-state index contributed by atoms with van der Waals surface area (Å²) in [6.45, 7) is 4.67. The van der Waals surface area contributed by atoms with Crippen LogP contribution in [0.4, 0.5) is 0 Å². The molecule has 1 atom stereocenters. The number of ether oxygens (including phenoxy) is 2. The Morgan fingerprint density at radius 3 is 2.38 bits per heavy atom. The molecular weight excluding hydrogens is 428 g/mol. The van der Waals surface area contributed by atoms with Crippen molar-refractivity contribution < 1.29 is 23.9 Å². The van der Waals surface area contributed by atoms with Gasteiger partial charge in [-0.1, -0.05) is 18.2 Å². The minimum absolute atomic E-state index is 0.0198. The van der Waals surface area contributed by atoms with Crippen molar-refractivity contribution in [3.63, 3.8) is 0 Å². The zero-order valence-electron chi connectivity index (χ0n) is 18.7. The average Bonchev–Trinajstić information content (AvgIpc) is 3.33. The lowest BCUT2D eigenvalue weighted by atomic mass is 9.94. The molecule has 2 amide bonds. The average molecular weight is 459 g/mol. The molecule has 1 aromatic carbocycles. The van der Waals surface area contributed by atoms with E-state index in [1.807, 2.05) is 29.6 Å². The first-order valence-electron chi connectivity index (χ1n) is 10.8. The van der Waals surface area contributed by atoms with E-state index >= 15 is 0 Å². The number of amides is 2. The van der Waals surface area contributed by atoms with Gasteiger partial charge in [-0.15, -0.1) is 11.3 Å². The number of nitrogens with one attached hydrogen (secondary N) is 1. The van der Waals surface area contributed by atoms with E-state index in [1.165, 1.54) is 11.3 Å². The first kappa shape index (κ1) is 23.8. The Morgan fingerprint density at radius 1 is 1.12 bits per heavy atom. The molecule has 1 fully saturated rings. The summed E-state index contributed by atoms with van der Waals surface area (Å²) in [5.74, 6) is 0.0471. The number of piperidine rings is 1. The molecule has 1 saturated heterocycles. The highest BCUT2D eigenvalue weighted by atomic mass is 32.1. The first-order valence-corrected chi connectivity index (χ1v) is 11.7. The summed E-state index contributed by atoms with van der Waals surface area (Å²) in [4.78, 5) is 40.4. The Balaban J connectivity index is 1.62. The van der Waals surface area contributed by atoms with Gasteiger partial charge < -0.3 is 19.7 Å². The van der Waals surface area contributed by atoms with E-state index in [-0.39, 0.29) is 36.2 Å². The van der Waals surface area contributed by atoms with Crippen molar-refractivity contribution in [2.24, 2.45) is 5.92 Å². The Hall–Kier alpha value is -2.87. The summed E-state index contributed by atoms with van der Waals surface area (Å²) in [5, 5.41) is 4.92. The van der Waals surface area contributed by atoms with E-state index < -0.39 is 6.04 Å². The number of benzene rings is 1. The molecule has 0 radical (unpaired) electrons. The van der Waals surface area contributed by atoms with Crippen molar-refractivity contribution in [1.82, 2.24) is 10.2 Å². The molecule has 1 aliphatic heterocycles. The number of carbonyl (C=O) groups is 3. The smallest absolute Gasteiger partial charge is 0.308 e. The van der Waals surface area contributed by atoms with Crippen LogP contribution in [0.5, 0.6) is 5.75 Å². The maximum absolute atomic E-state index is 13.0. The number of hydrogen-bond donors (Lipinski definition) is 1. The highest BCUT2D eigenvalue weighted by molar-refractivity contribution is 7.12. The van der Waals surface area contributed by atoms with E-state index in [1.54, 1.807) is 38.0 Å². The topological polar surface area (TPSA) is 84.9 Å². The van der Waals surface area contributed by atoms with Crippen molar-refractivity contribution >= 4 is 29.1 Å². The van der Waals surface area contributed by atoms with Crippen LogP contribution in [0.15, 0.2) is 41.8 Å². The third kappa shape index (κ3) is 6.32. The van der Waals surface area contributed by atoms with Gasteiger partial charge in [0.05, 0.1) is 30.6 Å². The van der Waals surface area contributed by atoms with Gasteiger partial charge in [0.15, 0.2) is 0 Å². The summed E-state index contributed by atoms with van der Waals surface area (Å²) < 4.78 is 10.5. The number of carbonyl (C=O) groups excluding carboxylic acids is 3. The van der Waals surface area contributed by atoms with Gasteiger partial charge >= 0.3 is 5.97 Å². The Kier molecular flexibility index (Phi) is 8.27. The third-order valence-electron chi connectivity index (χ3n) is 5.46. The van der Waals surface area contributed by atoms with E-state index in [2.05, 4.69) is 5.32 Å². The number of nitrogens with zero attached hydrogens (tertiary/aromatic N) is 1. The molecule has 8 heteroatoms. The lowest BCUT2D eigenvalue weighted by molar-refractivity contribution is -0.148. The van der Waals surface area contributed by atoms with E-state index in [0.29, 0.717) is 31.7 Å². The zero-order chi connectivity index (χ0) is 23.1. The minimum Gasteiger partial charge on any atom is -0.497 e. The molecule has 0 spiro atoms. The Bertz CT molecular complexity index is 903. The van der Waals surface area contributed by atoms with Crippen LogP contribution in [0, 0.1) is 5.92 Å². The molecule has 1 aliphatic rings. The third-order valence-corrected chi connectivity index (χ3v) is 6.32. The molecular formula is C24H30N2O5S. The fraction of sp³-hybridized carbons (Fsp3) is 0.458. The number of hydrogen-bond acceptors (Lipinski definition) is 6. The van der Waals surface area contributed by atoms with Gasteiger partial charge in [0, 0.05) is 19.0 Å². The van der Waals surface area contributed by atoms with Crippen molar-refractivity contribution in [2.45, 2.75) is 45.3 Å². The second kappa shape index (κ2) is 11.1. The van der Waals surface area contributed by atoms with Crippen LogP contribution in [0.3, 0.4) is 0 Å². The molecule has 1 N–H and O–H groups in total. The van der Waals surface area contributed by atoms with Crippen LogP contribution in [-0.4, -0.2) is 49.0 Å². The number of thiophene rings is 1. The zero-order valence-corrected chi connectivity index (χ0v) is 19.5. The van der Waals surface area contributed by atoms with Crippen molar-refractivity contribution in [1.29, 1.82) is 0 Å². The van der Waals surface area contributed by atoms with Crippen LogP contribution < -0.4 is 10.1 Å². The molecule has 2 heterocycles. The fourth-order valence-electron chi connectivity index (χ4n) is 3.76. The lowest BCUT2D eigenvalue weighted by Crippen LogP contribution is -2.43. The quantitative estimate of drug-likeness (QED) is 0.608. The molecule has 7 nitrogen and oxygen atoms in total. The van der Waals surface area contributed by atoms with Crippen LogP contribution in [-0.2, 0) is 14.3 Å². The van der Waals surface area contributed by atoms with Gasteiger partial charge in [0.25, 0.3) is 5.91 Å². The highest BCUT2D eigenvalue weighted by Gasteiger charge is 2.30. The molecule has 32 heavy (non-hydrogen) atoms. The lowest BCUT2D eigenvalue weighted by Gasteiger charge is -2.32. The van der Waals surface area contributed by atoms with Gasteiger partial charge in [-0.2, -0.15) is 0 Å². The summed E-state index contributed by atoms with van der Waals surface area (Å²) in [6, 6.07) is 10.5. The largest absolute Gasteiger partial charge is 0.497 e. The number of methoxy groups -OCH3 is 1. The fourth-order valence-corrected chi connectivity index (χ4v) is 4.45. The normalized spacial score (nSPS) is 15.3. The highest BCUT2D eigenvalue weighted by Crippen LogP contribution is 2.25. The maximum Gasteiger partial charge on any atom is 0.308 e. The van der Waals surface area contributed by atoms with Crippen LogP contribution in [0.1, 0.15) is 54.4 Å². The first-order chi connectivity index (χ1) is 15.4. The Morgan fingerprint density at radius 2 is 1.81 bits per heavy atom.